The molecule has 0 fully saturated rings. The van der Waals surface area contributed by atoms with Crippen LogP contribution >= 0.6 is 15.9 Å². The van der Waals surface area contributed by atoms with Crippen LogP contribution in [0.15, 0.2) is 40.9 Å². The quantitative estimate of drug-likeness (QED) is 0.576. The molecule has 2 aromatic rings. The third-order valence-corrected chi connectivity index (χ3v) is 3.57. The highest BCUT2D eigenvalue weighted by atomic mass is 79.9. The molecule has 0 amide bonds. The minimum absolute atomic E-state index is 0.0366. The lowest BCUT2D eigenvalue weighted by atomic mass is 10.0. The zero-order chi connectivity index (χ0) is 21.9. The van der Waals surface area contributed by atoms with Crippen LogP contribution in [0.2, 0.25) is 0 Å². The number of hydrogen-bond donors (Lipinski definition) is 2. The van der Waals surface area contributed by atoms with Gasteiger partial charge in [0.05, 0.1) is 11.1 Å². The molecule has 0 unspecified atom stereocenters. The Hall–Kier alpha value is -2.63. The largest absolute Gasteiger partial charge is 0.478 e. The number of carbonyl (C=O) groups is 2. The Labute approximate surface area is 160 Å². The minimum Gasteiger partial charge on any atom is -0.478 e. The summed E-state index contributed by atoms with van der Waals surface area (Å²) in [6.45, 7) is 0. The maximum Gasteiger partial charge on any atom is 0.458 e. The van der Waals surface area contributed by atoms with E-state index in [-0.39, 0.29) is 23.8 Å². The zero-order valence-electron chi connectivity index (χ0n) is 13.2. The summed E-state index contributed by atoms with van der Waals surface area (Å²) in [5.74, 6) is -10.5. The van der Waals surface area contributed by atoms with Gasteiger partial charge in [0, 0.05) is 10.0 Å². The monoisotopic (exact) mass is 476 g/mol. The first-order chi connectivity index (χ1) is 12.7. The molecule has 0 aliphatic heterocycles. The lowest BCUT2D eigenvalue weighted by molar-refractivity contribution is -0.289. The van der Waals surface area contributed by atoms with E-state index in [0.717, 1.165) is 6.07 Å². The van der Waals surface area contributed by atoms with Crippen LogP contribution in [-0.2, 0) is 5.92 Å². The van der Waals surface area contributed by atoms with E-state index in [1.807, 2.05) is 0 Å². The molecule has 4 nitrogen and oxygen atoms in total. The molecule has 0 radical (unpaired) electrons. The van der Waals surface area contributed by atoms with Crippen LogP contribution in [0, 0.1) is 11.6 Å². The van der Waals surface area contributed by atoms with Gasteiger partial charge in [0.1, 0.15) is 11.6 Å². The first-order valence-corrected chi connectivity index (χ1v) is 7.64. The lowest BCUT2D eigenvalue weighted by Gasteiger charge is -2.20. The SMILES string of the molecule is O=C(O)c1cc(Br)ccc1F.O=C(O)c1cc(C(F)(F)C(F)(F)F)ccc1F. The summed E-state index contributed by atoms with van der Waals surface area (Å²) in [5, 5.41) is 16.8. The standard InChI is InChI=1S/C9H4F6O2.C7H4BrFO2/c10-6-2-1-4(3-5(6)7(16)17)8(11,12)9(13,14)15;8-4-1-2-6(9)5(3-4)7(10)11/h1-3H,(H,16,17);1-3H,(H,10,11). The fourth-order valence-electron chi connectivity index (χ4n) is 1.71. The van der Waals surface area contributed by atoms with Crippen molar-refractivity contribution in [3.05, 3.63) is 69.2 Å². The normalized spacial score (nSPS) is 11.4. The fourth-order valence-corrected chi connectivity index (χ4v) is 2.07. The van der Waals surface area contributed by atoms with Crippen LogP contribution in [0.4, 0.5) is 30.7 Å². The molecule has 152 valence electrons. The van der Waals surface area contributed by atoms with Crippen molar-refractivity contribution in [2.45, 2.75) is 12.1 Å². The first-order valence-electron chi connectivity index (χ1n) is 6.84. The van der Waals surface area contributed by atoms with Gasteiger partial charge in [-0.3, -0.25) is 0 Å². The van der Waals surface area contributed by atoms with E-state index in [1.165, 1.54) is 12.1 Å². The number of alkyl halides is 5. The molecule has 0 saturated heterocycles. The van der Waals surface area contributed by atoms with Crippen molar-refractivity contribution in [3.8, 4) is 0 Å². The third kappa shape index (κ3) is 5.44. The molecule has 2 N–H and O–H groups in total. The van der Waals surface area contributed by atoms with Gasteiger partial charge in [-0.25, -0.2) is 18.4 Å². The molecule has 0 aliphatic rings. The van der Waals surface area contributed by atoms with Crippen LogP contribution in [0.5, 0.6) is 0 Å². The predicted molar refractivity (Wildman–Crippen MR) is 84.4 cm³/mol. The summed E-state index contributed by atoms with van der Waals surface area (Å²) in [6.07, 6.45) is -5.87. The highest BCUT2D eigenvalue weighted by Gasteiger charge is 2.58. The molecule has 2 aromatic carbocycles. The van der Waals surface area contributed by atoms with E-state index in [1.54, 1.807) is 0 Å². The van der Waals surface area contributed by atoms with Gasteiger partial charge in [-0.2, -0.15) is 22.0 Å². The molecule has 12 heteroatoms. The Morgan fingerprint density at radius 3 is 1.61 bits per heavy atom. The smallest absolute Gasteiger partial charge is 0.458 e. The average Bonchev–Trinajstić information content (AvgIpc) is 2.56. The number of benzene rings is 2. The highest BCUT2D eigenvalue weighted by molar-refractivity contribution is 9.10. The van der Waals surface area contributed by atoms with Gasteiger partial charge in [0.2, 0.25) is 0 Å². The number of halogens is 8. The maximum absolute atomic E-state index is 12.8. The van der Waals surface area contributed by atoms with E-state index in [9.17, 15) is 40.3 Å². The average molecular weight is 477 g/mol. The number of carboxylic acid groups (broad SMARTS) is 2. The Kier molecular flexibility index (Phi) is 7.18. The van der Waals surface area contributed by atoms with E-state index >= 15 is 0 Å². The molecule has 28 heavy (non-hydrogen) atoms. The van der Waals surface area contributed by atoms with Crippen molar-refractivity contribution < 1.29 is 50.5 Å². The molecular formula is C16H8BrF7O4. The summed E-state index contributed by atoms with van der Waals surface area (Å²) >= 11 is 3.03. The molecule has 0 spiro atoms. The third-order valence-electron chi connectivity index (χ3n) is 3.07. The minimum atomic E-state index is -5.87. The van der Waals surface area contributed by atoms with E-state index in [2.05, 4.69) is 15.9 Å². The molecule has 0 atom stereocenters. The highest BCUT2D eigenvalue weighted by Crippen LogP contribution is 2.44. The van der Waals surface area contributed by atoms with Crippen molar-refractivity contribution in [2.24, 2.45) is 0 Å². The van der Waals surface area contributed by atoms with Crippen molar-refractivity contribution in [2.75, 3.05) is 0 Å². The molecule has 0 heterocycles. The van der Waals surface area contributed by atoms with Crippen LogP contribution in [0.3, 0.4) is 0 Å². The van der Waals surface area contributed by atoms with Crippen LogP contribution in [0.25, 0.3) is 0 Å². The Bertz CT molecular complexity index is 897. The topological polar surface area (TPSA) is 74.6 Å². The Morgan fingerprint density at radius 2 is 1.21 bits per heavy atom. The van der Waals surface area contributed by atoms with Crippen LogP contribution in [-0.4, -0.2) is 28.3 Å². The van der Waals surface area contributed by atoms with Crippen LogP contribution in [0.1, 0.15) is 26.3 Å². The van der Waals surface area contributed by atoms with E-state index in [0.29, 0.717) is 4.47 Å². The molecular weight excluding hydrogens is 469 g/mol. The zero-order valence-corrected chi connectivity index (χ0v) is 14.8. The number of hydrogen-bond acceptors (Lipinski definition) is 2. The molecule has 0 aliphatic carbocycles. The molecule has 0 bridgehead atoms. The number of aromatic carboxylic acids is 2. The van der Waals surface area contributed by atoms with Crippen molar-refractivity contribution >= 4 is 27.9 Å². The lowest BCUT2D eigenvalue weighted by Crippen LogP contribution is -2.33. The van der Waals surface area contributed by atoms with E-state index in [4.69, 9.17) is 10.2 Å². The number of rotatable bonds is 3. The Balaban J connectivity index is 0.000000307. The Morgan fingerprint density at radius 1 is 0.786 bits per heavy atom. The molecule has 2 rings (SSSR count). The van der Waals surface area contributed by atoms with Crippen molar-refractivity contribution in [1.29, 1.82) is 0 Å². The van der Waals surface area contributed by atoms with Crippen LogP contribution < -0.4 is 0 Å². The van der Waals surface area contributed by atoms with Crippen molar-refractivity contribution in [1.82, 2.24) is 0 Å². The maximum atomic E-state index is 12.8. The van der Waals surface area contributed by atoms with Gasteiger partial charge in [0.15, 0.2) is 0 Å². The number of carboxylic acids is 2. The van der Waals surface area contributed by atoms with Gasteiger partial charge in [0.25, 0.3) is 0 Å². The summed E-state index contributed by atoms with van der Waals surface area (Å²) < 4.78 is 87.4. The summed E-state index contributed by atoms with van der Waals surface area (Å²) in [5.41, 5.74) is -3.19. The van der Waals surface area contributed by atoms with Gasteiger partial charge in [-0.1, -0.05) is 15.9 Å². The second-order valence-corrected chi connectivity index (χ2v) is 5.92. The van der Waals surface area contributed by atoms with Gasteiger partial charge >= 0.3 is 24.0 Å². The molecule has 0 aromatic heterocycles. The first kappa shape index (κ1) is 23.4. The van der Waals surface area contributed by atoms with Gasteiger partial charge in [-0.05, 0) is 36.4 Å². The fraction of sp³-hybridized carbons (Fsp3) is 0.125. The van der Waals surface area contributed by atoms with Gasteiger partial charge in [-0.15, -0.1) is 0 Å². The summed E-state index contributed by atoms with van der Waals surface area (Å²) in [6, 6.07) is 4.17. The summed E-state index contributed by atoms with van der Waals surface area (Å²) in [7, 11) is 0. The predicted octanol–water partition coefficient (Wildman–Crippen LogP) is 5.46. The second kappa shape index (κ2) is 8.59. The molecule has 0 saturated carbocycles. The second-order valence-electron chi connectivity index (χ2n) is 5.00. The summed E-state index contributed by atoms with van der Waals surface area (Å²) in [4.78, 5) is 20.7. The van der Waals surface area contributed by atoms with E-state index < -0.39 is 46.8 Å². The van der Waals surface area contributed by atoms with Gasteiger partial charge < -0.3 is 10.2 Å². The van der Waals surface area contributed by atoms with Crippen molar-refractivity contribution in [3.63, 3.8) is 0 Å².